The largest absolute Gasteiger partial charge is 0.465 e. The van der Waals surface area contributed by atoms with Gasteiger partial charge in [0.25, 0.3) is 0 Å². The first-order valence-corrected chi connectivity index (χ1v) is 13.3. The maximum absolute atomic E-state index is 12.9. The van der Waals surface area contributed by atoms with Crippen molar-refractivity contribution >= 4 is 12.0 Å². The lowest BCUT2D eigenvalue weighted by molar-refractivity contribution is -0.132. The van der Waals surface area contributed by atoms with Crippen LogP contribution in [-0.2, 0) is 9.53 Å². The van der Waals surface area contributed by atoms with Gasteiger partial charge in [0.15, 0.2) is 0 Å². The molecule has 1 aromatic carbocycles. The van der Waals surface area contributed by atoms with Gasteiger partial charge in [0, 0.05) is 37.8 Å². The van der Waals surface area contributed by atoms with Crippen LogP contribution in [0, 0.1) is 11.3 Å². The number of amides is 2. The summed E-state index contributed by atoms with van der Waals surface area (Å²) >= 11 is 0. The predicted octanol–water partition coefficient (Wildman–Crippen LogP) is 4.72. The normalized spacial score (nSPS) is 33.0. The highest BCUT2D eigenvalue weighted by atomic mass is 16.5. The van der Waals surface area contributed by atoms with E-state index in [0.29, 0.717) is 13.0 Å². The third-order valence-corrected chi connectivity index (χ3v) is 8.66. The molecule has 7 nitrogen and oxygen atoms in total. The molecule has 2 aliphatic heterocycles. The van der Waals surface area contributed by atoms with Crippen LogP contribution in [-0.4, -0.2) is 64.3 Å². The Kier molecular flexibility index (Phi) is 6.28. The topological polar surface area (TPSA) is 82.1 Å². The molecule has 1 saturated carbocycles. The standard InChI is InChI=1S/C29H39N3O4/c1-18(2)36-29(15-14-21-23(16-29)31(5)26(33)28(21,3)4)17-30-24-20-12-9-13-22(20)32(27(34)35)25(24)19-10-7-6-8-11-19/h6-8,10-11,14,16,18,20,22,24-25,30H,9,12-13,15,17H2,1-5H3,(H,34,35). The Bertz CT molecular complexity index is 1090. The summed E-state index contributed by atoms with van der Waals surface area (Å²) in [5, 5.41) is 14.0. The molecule has 4 aliphatic rings. The average Bonchev–Trinajstić information content (AvgIpc) is 3.46. The second kappa shape index (κ2) is 9.03. The summed E-state index contributed by atoms with van der Waals surface area (Å²) in [7, 11) is 1.84. The molecule has 194 valence electrons. The number of carbonyl (C=O) groups excluding carboxylic acids is 1. The van der Waals surface area contributed by atoms with Crippen LogP contribution in [0.1, 0.15) is 65.0 Å². The third kappa shape index (κ3) is 3.97. The van der Waals surface area contributed by atoms with Gasteiger partial charge < -0.3 is 20.1 Å². The molecule has 1 aromatic rings. The number of carboxylic acid groups (broad SMARTS) is 1. The van der Waals surface area contributed by atoms with Crippen LogP contribution in [0.3, 0.4) is 0 Å². The van der Waals surface area contributed by atoms with Gasteiger partial charge in [0.2, 0.25) is 5.91 Å². The first-order valence-electron chi connectivity index (χ1n) is 13.3. The average molecular weight is 494 g/mol. The maximum Gasteiger partial charge on any atom is 0.408 e. The molecule has 2 amide bonds. The van der Waals surface area contributed by atoms with E-state index >= 15 is 0 Å². The lowest BCUT2D eigenvalue weighted by Gasteiger charge is -2.39. The summed E-state index contributed by atoms with van der Waals surface area (Å²) < 4.78 is 6.57. The van der Waals surface area contributed by atoms with E-state index in [1.807, 2.05) is 65.1 Å². The van der Waals surface area contributed by atoms with Gasteiger partial charge >= 0.3 is 6.09 Å². The van der Waals surface area contributed by atoms with Crippen molar-refractivity contribution in [2.75, 3.05) is 13.6 Å². The van der Waals surface area contributed by atoms with Gasteiger partial charge in [-0.3, -0.25) is 9.69 Å². The van der Waals surface area contributed by atoms with E-state index in [1.54, 1.807) is 9.80 Å². The van der Waals surface area contributed by atoms with Crippen molar-refractivity contribution < 1.29 is 19.4 Å². The lowest BCUT2D eigenvalue weighted by atomic mass is 9.79. The number of carbonyl (C=O) groups is 2. The number of allylic oxidation sites excluding steroid dienone is 1. The summed E-state index contributed by atoms with van der Waals surface area (Å²) in [4.78, 5) is 28.9. The van der Waals surface area contributed by atoms with Crippen LogP contribution < -0.4 is 5.32 Å². The Morgan fingerprint density at radius 3 is 2.61 bits per heavy atom. The van der Waals surface area contributed by atoms with E-state index < -0.39 is 17.1 Å². The molecule has 0 spiro atoms. The summed E-state index contributed by atoms with van der Waals surface area (Å²) in [5.74, 6) is 0.360. The first kappa shape index (κ1) is 25.0. The summed E-state index contributed by atoms with van der Waals surface area (Å²) in [6, 6.07) is 9.79. The van der Waals surface area contributed by atoms with Crippen molar-refractivity contribution in [2.45, 2.75) is 83.2 Å². The number of fused-ring (bicyclic) bond motifs is 2. The van der Waals surface area contributed by atoms with E-state index in [2.05, 4.69) is 17.5 Å². The molecule has 5 rings (SSSR count). The number of likely N-dealkylation sites (N-methyl/N-ethyl adjacent to an activating group) is 1. The van der Waals surface area contributed by atoms with Gasteiger partial charge in [0.1, 0.15) is 5.60 Å². The van der Waals surface area contributed by atoms with Crippen molar-refractivity contribution in [1.29, 1.82) is 0 Å². The van der Waals surface area contributed by atoms with Gasteiger partial charge in [0.05, 0.1) is 17.6 Å². The van der Waals surface area contributed by atoms with Crippen LogP contribution in [0.5, 0.6) is 0 Å². The molecule has 5 atom stereocenters. The van der Waals surface area contributed by atoms with Crippen molar-refractivity contribution in [3.63, 3.8) is 0 Å². The van der Waals surface area contributed by atoms with Crippen LogP contribution in [0.25, 0.3) is 0 Å². The maximum atomic E-state index is 12.9. The number of nitrogens with one attached hydrogen (secondary N) is 1. The van der Waals surface area contributed by atoms with Crippen molar-refractivity contribution in [3.05, 3.63) is 59.3 Å². The molecule has 2 heterocycles. The second-order valence-electron chi connectivity index (χ2n) is 11.7. The Morgan fingerprint density at radius 2 is 1.94 bits per heavy atom. The van der Waals surface area contributed by atoms with Gasteiger partial charge in [-0.15, -0.1) is 0 Å². The molecule has 5 unspecified atom stereocenters. The SMILES string of the molecule is CC(C)OC1(CNC2C3CCCC3N(C(=O)O)C2c2ccccc2)C=C2C(=CC1)C(C)(C)C(=O)N2C. The Morgan fingerprint density at radius 1 is 1.22 bits per heavy atom. The second-order valence-corrected chi connectivity index (χ2v) is 11.7. The number of benzene rings is 1. The molecule has 0 bridgehead atoms. The number of nitrogens with zero attached hydrogens (tertiary/aromatic N) is 2. The zero-order valence-corrected chi connectivity index (χ0v) is 22.0. The molecular formula is C29H39N3O4. The predicted molar refractivity (Wildman–Crippen MR) is 138 cm³/mol. The fraction of sp³-hybridized carbons (Fsp3) is 0.586. The van der Waals surface area contributed by atoms with Gasteiger partial charge in [-0.1, -0.05) is 42.8 Å². The molecule has 2 saturated heterocycles. The van der Waals surface area contributed by atoms with E-state index in [-0.39, 0.29) is 36.1 Å². The van der Waals surface area contributed by atoms with Crippen LogP contribution in [0.2, 0.25) is 0 Å². The van der Waals surface area contributed by atoms with Crippen LogP contribution in [0.15, 0.2) is 53.8 Å². The summed E-state index contributed by atoms with van der Waals surface area (Å²) in [5.41, 5.74) is 1.86. The molecule has 2 N–H and O–H groups in total. The van der Waals surface area contributed by atoms with E-state index in [9.17, 15) is 14.7 Å². The fourth-order valence-electron chi connectivity index (χ4n) is 7.16. The van der Waals surface area contributed by atoms with E-state index in [0.717, 1.165) is 36.1 Å². The van der Waals surface area contributed by atoms with Crippen molar-refractivity contribution in [3.8, 4) is 0 Å². The number of hydrogen-bond acceptors (Lipinski definition) is 4. The Hall–Kier alpha value is -2.64. The molecule has 7 heteroatoms. The third-order valence-electron chi connectivity index (χ3n) is 8.66. The monoisotopic (exact) mass is 493 g/mol. The quantitative estimate of drug-likeness (QED) is 0.599. The molecule has 2 aliphatic carbocycles. The van der Waals surface area contributed by atoms with E-state index in [1.165, 1.54) is 0 Å². The summed E-state index contributed by atoms with van der Waals surface area (Å²) in [6.07, 6.45) is 7.10. The van der Waals surface area contributed by atoms with Crippen LogP contribution in [0.4, 0.5) is 4.79 Å². The van der Waals surface area contributed by atoms with Crippen molar-refractivity contribution in [2.24, 2.45) is 11.3 Å². The minimum absolute atomic E-state index is 0.00253. The molecule has 36 heavy (non-hydrogen) atoms. The van der Waals surface area contributed by atoms with E-state index in [4.69, 9.17) is 4.74 Å². The first-order chi connectivity index (χ1) is 17.1. The zero-order valence-electron chi connectivity index (χ0n) is 22.0. The number of ether oxygens (including phenoxy) is 1. The Balaban J connectivity index is 1.47. The highest BCUT2D eigenvalue weighted by molar-refractivity contribution is 5.93. The number of rotatable bonds is 6. The molecule has 0 aromatic heterocycles. The van der Waals surface area contributed by atoms with Gasteiger partial charge in [-0.25, -0.2) is 4.79 Å². The highest BCUT2D eigenvalue weighted by Gasteiger charge is 2.54. The van der Waals surface area contributed by atoms with Gasteiger partial charge in [-0.05, 0) is 63.7 Å². The lowest BCUT2D eigenvalue weighted by Crippen LogP contribution is -2.50. The molecule has 0 radical (unpaired) electrons. The van der Waals surface area contributed by atoms with Gasteiger partial charge in [-0.2, -0.15) is 0 Å². The molecule has 3 fully saturated rings. The van der Waals surface area contributed by atoms with Crippen molar-refractivity contribution in [1.82, 2.24) is 15.1 Å². The fourth-order valence-corrected chi connectivity index (χ4v) is 7.16. The minimum atomic E-state index is -0.848. The van der Waals surface area contributed by atoms with Crippen LogP contribution >= 0.6 is 0 Å². The number of hydrogen-bond donors (Lipinski definition) is 2. The number of likely N-dealkylation sites (tertiary alicyclic amines) is 2. The molecular weight excluding hydrogens is 454 g/mol. The minimum Gasteiger partial charge on any atom is -0.465 e. The summed E-state index contributed by atoms with van der Waals surface area (Å²) in [6.45, 7) is 8.59. The Labute approximate surface area is 214 Å². The smallest absolute Gasteiger partial charge is 0.408 e. The zero-order chi connectivity index (χ0) is 25.8. The highest BCUT2D eigenvalue weighted by Crippen LogP contribution is 2.49.